The van der Waals surface area contributed by atoms with Crippen molar-refractivity contribution in [1.82, 2.24) is 19.9 Å². The third-order valence-electron chi connectivity index (χ3n) is 7.87. The van der Waals surface area contributed by atoms with Crippen molar-refractivity contribution in [3.05, 3.63) is 108 Å². The molecule has 45 heavy (non-hydrogen) atoms. The average molecular weight is 626 g/mol. The number of aliphatic hydroxyl groups excluding tert-OH is 1. The number of amides is 3. The summed E-state index contributed by atoms with van der Waals surface area (Å²) in [6.07, 6.45) is 3.82. The van der Waals surface area contributed by atoms with Crippen LogP contribution >= 0.6 is 11.8 Å². The summed E-state index contributed by atoms with van der Waals surface area (Å²) >= 11 is 1.48. The number of hydrogen-bond acceptors (Lipinski definition) is 7. The zero-order chi connectivity index (χ0) is 32.3. The molecular weight excluding hydrogens is 586 g/mol. The molecule has 0 fully saturated rings. The molecule has 2 aromatic carbocycles. The van der Waals surface area contributed by atoms with Gasteiger partial charge in [-0.3, -0.25) is 29.3 Å². The van der Waals surface area contributed by atoms with Crippen molar-refractivity contribution in [2.24, 2.45) is 10.9 Å². The van der Waals surface area contributed by atoms with Crippen molar-refractivity contribution < 1.29 is 19.5 Å². The molecule has 2 aliphatic heterocycles. The normalized spacial score (nSPS) is 19.2. The highest BCUT2D eigenvalue weighted by Gasteiger charge is 2.47. The highest BCUT2D eigenvalue weighted by atomic mass is 32.2. The molecule has 234 valence electrons. The number of nitrogens with zero attached hydrogens (tertiary/aromatic N) is 5. The molecule has 1 unspecified atom stereocenters. The van der Waals surface area contributed by atoms with Gasteiger partial charge in [-0.15, -0.1) is 11.8 Å². The van der Waals surface area contributed by atoms with Crippen LogP contribution in [0.25, 0.3) is 5.70 Å². The van der Waals surface area contributed by atoms with E-state index in [0.717, 1.165) is 5.56 Å². The van der Waals surface area contributed by atoms with Gasteiger partial charge in [0.2, 0.25) is 5.91 Å². The van der Waals surface area contributed by atoms with Crippen LogP contribution in [-0.4, -0.2) is 77.3 Å². The Bertz CT molecular complexity index is 1590. The predicted octanol–water partition coefficient (Wildman–Crippen LogP) is 5.05. The van der Waals surface area contributed by atoms with Gasteiger partial charge >= 0.3 is 0 Å². The second-order valence-corrected chi connectivity index (χ2v) is 14.0. The van der Waals surface area contributed by atoms with Crippen molar-refractivity contribution in [2.45, 2.75) is 64.0 Å². The molecule has 0 aliphatic carbocycles. The fraction of sp³-hybridized carbons (Fsp3) is 0.343. The van der Waals surface area contributed by atoms with Gasteiger partial charge in [0.1, 0.15) is 12.1 Å². The molecular formula is C35H39N5O4S. The second-order valence-electron chi connectivity index (χ2n) is 12.2. The largest absolute Gasteiger partial charge is 0.384 e. The van der Waals surface area contributed by atoms with Crippen molar-refractivity contribution in [2.75, 3.05) is 6.54 Å². The minimum atomic E-state index is -1.17. The molecule has 1 N–H and O–H groups in total. The highest BCUT2D eigenvalue weighted by Crippen LogP contribution is 2.38. The number of carbonyl (C=O) groups excluding carboxylic acids is 3. The van der Waals surface area contributed by atoms with Gasteiger partial charge in [0.05, 0.1) is 23.3 Å². The molecule has 0 spiro atoms. The summed E-state index contributed by atoms with van der Waals surface area (Å²) in [5.41, 5.74) is 2.26. The van der Waals surface area contributed by atoms with E-state index in [1.165, 1.54) is 46.0 Å². The Balaban J connectivity index is 1.68. The van der Waals surface area contributed by atoms with Gasteiger partial charge in [-0.1, -0.05) is 74.5 Å². The average Bonchev–Trinajstić information content (AvgIpc) is 3.40. The van der Waals surface area contributed by atoms with Crippen molar-refractivity contribution >= 4 is 40.2 Å². The summed E-state index contributed by atoms with van der Waals surface area (Å²) in [4.78, 5) is 52.7. The second kappa shape index (κ2) is 13.4. The Morgan fingerprint density at radius 2 is 1.64 bits per heavy atom. The van der Waals surface area contributed by atoms with Gasteiger partial charge in [-0.05, 0) is 43.9 Å². The van der Waals surface area contributed by atoms with Crippen LogP contribution in [0.15, 0.2) is 96.4 Å². The van der Waals surface area contributed by atoms with Crippen LogP contribution in [0.3, 0.4) is 0 Å². The number of thioether (sulfide) groups is 1. The van der Waals surface area contributed by atoms with E-state index in [2.05, 4.69) is 23.8 Å². The van der Waals surface area contributed by atoms with Gasteiger partial charge in [0, 0.05) is 41.4 Å². The highest BCUT2D eigenvalue weighted by molar-refractivity contribution is 8.15. The molecule has 2 aliphatic rings. The van der Waals surface area contributed by atoms with E-state index in [1.54, 1.807) is 18.3 Å². The van der Waals surface area contributed by atoms with Crippen molar-refractivity contribution in [1.29, 1.82) is 0 Å². The first-order valence-corrected chi connectivity index (χ1v) is 15.9. The predicted molar refractivity (Wildman–Crippen MR) is 177 cm³/mol. The van der Waals surface area contributed by atoms with Crippen LogP contribution in [0.2, 0.25) is 0 Å². The van der Waals surface area contributed by atoms with Crippen molar-refractivity contribution in [3.8, 4) is 0 Å². The number of benzene rings is 2. The van der Waals surface area contributed by atoms with E-state index in [1.807, 2.05) is 74.5 Å². The Labute approximate surface area is 268 Å². The lowest BCUT2D eigenvalue weighted by Gasteiger charge is -2.48. The molecule has 3 heterocycles. The van der Waals surface area contributed by atoms with Gasteiger partial charge in [0.15, 0.2) is 0 Å². The summed E-state index contributed by atoms with van der Waals surface area (Å²) in [5.74, 6) is -1.53. The number of aliphatic imine (C=N–C) groups is 1. The fourth-order valence-corrected chi connectivity index (χ4v) is 6.84. The van der Waals surface area contributed by atoms with Gasteiger partial charge < -0.3 is 5.11 Å². The topological polar surface area (TPSA) is 106 Å². The van der Waals surface area contributed by atoms with Gasteiger partial charge in [0.25, 0.3) is 11.8 Å². The van der Waals surface area contributed by atoms with Crippen LogP contribution in [0.1, 0.15) is 56.1 Å². The Hall–Kier alpha value is -4.28. The molecule has 0 saturated heterocycles. The molecule has 0 radical (unpaired) electrons. The molecule has 3 amide bonds. The Kier molecular flexibility index (Phi) is 9.55. The number of carbonyl (C=O) groups is 3. The quantitative estimate of drug-likeness (QED) is 0.357. The smallest absolute Gasteiger partial charge is 0.269 e. The van der Waals surface area contributed by atoms with Gasteiger partial charge in [-0.25, -0.2) is 10.0 Å². The minimum Gasteiger partial charge on any atom is -0.384 e. The monoisotopic (exact) mass is 625 g/mol. The lowest BCUT2D eigenvalue weighted by atomic mass is 9.96. The fourth-order valence-electron chi connectivity index (χ4n) is 5.74. The maximum Gasteiger partial charge on any atom is 0.269 e. The van der Waals surface area contributed by atoms with Crippen LogP contribution in [0, 0.1) is 5.92 Å². The molecule has 9 nitrogen and oxygen atoms in total. The van der Waals surface area contributed by atoms with E-state index >= 15 is 0 Å². The number of rotatable bonds is 9. The van der Waals surface area contributed by atoms with E-state index in [-0.39, 0.29) is 23.0 Å². The first-order valence-electron chi connectivity index (χ1n) is 15.1. The molecule has 3 atom stereocenters. The first kappa shape index (κ1) is 32.1. The summed E-state index contributed by atoms with van der Waals surface area (Å²) in [5, 5.41) is 15.3. The molecule has 5 rings (SSSR count). The third kappa shape index (κ3) is 6.87. The zero-order valence-corrected chi connectivity index (χ0v) is 27.0. The minimum absolute atomic E-state index is 0.207. The Morgan fingerprint density at radius 3 is 2.20 bits per heavy atom. The summed E-state index contributed by atoms with van der Waals surface area (Å²) < 4.78 is -0.207. The lowest BCUT2D eigenvalue weighted by Crippen LogP contribution is -2.64. The van der Waals surface area contributed by atoms with E-state index in [0.29, 0.717) is 28.4 Å². The summed E-state index contributed by atoms with van der Waals surface area (Å²) in [7, 11) is 0. The molecule has 10 heteroatoms. The van der Waals surface area contributed by atoms with Crippen molar-refractivity contribution in [3.63, 3.8) is 0 Å². The van der Waals surface area contributed by atoms with E-state index in [4.69, 9.17) is 0 Å². The van der Waals surface area contributed by atoms with E-state index in [9.17, 15) is 19.5 Å². The molecule has 0 saturated carbocycles. The standard InChI is InChI=1S/C35H39N5O4S/c1-23(2)30-34(44)40(29(26-14-10-7-11-15-26)21-38(30)33(43)27-16-18-36-19-17-27)39(24(3)41)28(20-25-12-8-6-9-13-25)31(42)32-37-22-35(4,5)45-32/h6-19,21,23,28,30-31,42H,20,22H2,1-5H3/t28-,30+,31?/m0/s1. The number of aliphatic hydroxyl groups is 1. The number of aromatic nitrogens is 1. The van der Waals surface area contributed by atoms with Crippen LogP contribution in [-0.2, 0) is 16.0 Å². The molecule has 1 aromatic heterocycles. The van der Waals surface area contributed by atoms with Crippen LogP contribution < -0.4 is 0 Å². The zero-order valence-electron chi connectivity index (χ0n) is 26.2. The maximum atomic E-state index is 14.8. The number of hydrazine groups is 1. The molecule has 3 aromatic rings. The third-order valence-corrected chi connectivity index (χ3v) is 9.13. The number of hydrogen-bond donors (Lipinski definition) is 1. The summed E-state index contributed by atoms with van der Waals surface area (Å²) in [6, 6.07) is 20.2. The van der Waals surface area contributed by atoms with Gasteiger partial charge in [-0.2, -0.15) is 0 Å². The van der Waals surface area contributed by atoms with E-state index < -0.39 is 30.0 Å². The summed E-state index contributed by atoms with van der Waals surface area (Å²) in [6.45, 7) is 9.78. The molecule has 0 bridgehead atoms. The number of pyridine rings is 1. The lowest BCUT2D eigenvalue weighted by molar-refractivity contribution is -0.167. The van der Waals surface area contributed by atoms with Crippen LogP contribution in [0.4, 0.5) is 0 Å². The maximum absolute atomic E-state index is 14.8. The SMILES string of the molecule is CC(=O)N([C@@H](Cc1ccccc1)C(O)C1=NCC(C)(C)S1)N1C(=O)[C@@H](C(C)C)N(C(=O)c2ccncc2)C=C1c1ccccc1. The Morgan fingerprint density at radius 1 is 1.02 bits per heavy atom. The first-order chi connectivity index (χ1) is 21.5. The van der Waals surface area contributed by atoms with Crippen LogP contribution in [0.5, 0.6) is 0 Å².